The molecule has 0 aliphatic carbocycles. The molecule has 3 heterocycles. The van der Waals surface area contributed by atoms with E-state index in [0.717, 1.165) is 11.0 Å². The second-order valence-electron chi connectivity index (χ2n) is 4.54. The molecular weight excluding hydrogens is 254 g/mol. The summed E-state index contributed by atoms with van der Waals surface area (Å²) < 4.78 is 24.6. The molecular formula is C10H14N5O2S+. The van der Waals surface area contributed by atoms with Crippen molar-refractivity contribution in [3.63, 3.8) is 0 Å². The lowest BCUT2D eigenvalue weighted by atomic mass is 10.2. The van der Waals surface area contributed by atoms with Gasteiger partial charge in [0, 0.05) is 6.04 Å². The quantitative estimate of drug-likeness (QED) is 0.708. The van der Waals surface area contributed by atoms with Gasteiger partial charge in [-0.05, 0) is 11.4 Å². The molecule has 96 valence electrons. The van der Waals surface area contributed by atoms with Crippen LogP contribution in [-0.2, 0) is 16.9 Å². The molecule has 3 rings (SSSR count). The zero-order valence-electron chi connectivity index (χ0n) is 9.92. The highest BCUT2D eigenvalue weighted by molar-refractivity contribution is 7.91. The standard InChI is InChI=1S/C10H13N5O2S/c1-15-10-8(4-13-15)9(11-6-12-10)14-7-2-3-18(16,17)5-7/h4,6-7H,2-3,5H2,1H3,(H,11,12,13,14)/p+1/t7-/m0/s1. The van der Waals surface area contributed by atoms with Crippen molar-refractivity contribution in [3.8, 4) is 0 Å². The predicted molar refractivity (Wildman–Crippen MR) is 65.7 cm³/mol. The maximum atomic E-state index is 11.4. The first-order valence-electron chi connectivity index (χ1n) is 5.70. The van der Waals surface area contributed by atoms with Gasteiger partial charge in [-0.2, -0.15) is 9.67 Å². The predicted octanol–water partition coefficient (Wildman–Crippen LogP) is -0.619. The minimum absolute atomic E-state index is 0.0618. The van der Waals surface area contributed by atoms with E-state index in [2.05, 4.69) is 20.4 Å². The summed E-state index contributed by atoms with van der Waals surface area (Å²) in [5.41, 5.74) is 0.786. The van der Waals surface area contributed by atoms with Gasteiger partial charge in [-0.1, -0.05) is 0 Å². The van der Waals surface area contributed by atoms with E-state index < -0.39 is 9.84 Å². The van der Waals surface area contributed by atoms with Gasteiger partial charge in [0.1, 0.15) is 18.3 Å². The van der Waals surface area contributed by atoms with Crippen molar-refractivity contribution in [2.24, 2.45) is 7.05 Å². The summed E-state index contributed by atoms with van der Waals surface area (Å²) in [7, 11) is -1.02. The Morgan fingerprint density at radius 1 is 1.50 bits per heavy atom. The summed E-state index contributed by atoms with van der Waals surface area (Å²) in [6.07, 6.45) is 3.91. The van der Waals surface area contributed by atoms with E-state index in [1.807, 2.05) is 7.05 Å². The van der Waals surface area contributed by atoms with Gasteiger partial charge in [-0.3, -0.25) is 0 Å². The summed E-state index contributed by atoms with van der Waals surface area (Å²) in [5.74, 6) is 1.11. The highest BCUT2D eigenvalue weighted by atomic mass is 32.2. The molecule has 7 nitrogen and oxygen atoms in total. The lowest BCUT2D eigenvalue weighted by molar-refractivity contribution is -0.704. The third kappa shape index (κ3) is 1.92. The van der Waals surface area contributed by atoms with Crippen molar-refractivity contribution in [1.29, 1.82) is 0 Å². The molecule has 2 aromatic rings. The normalized spacial score (nSPS) is 22.4. The summed E-state index contributed by atoms with van der Waals surface area (Å²) >= 11 is 0. The van der Waals surface area contributed by atoms with Crippen molar-refractivity contribution in [3.05, 3.63) is 12.5 Å². The van der Waals surface area contributed by atoms with Crippen LogP contribution in [0.4, 0.5) is 5.82 Å². The molecule has 0 aromatic carbocycles. The number of H-pyrrole nitrogens is 1. The van der Waals surface area contributed by atoms with Crippen molar-refractivity contribution < 1.29 is 13.1 Å². The summed E-state index contributed by atoms with van der Waals surface area (Å²) in [5, 5.41) is 7.07. The Morgan fingerprint density at radius 2 is 2.33 bits per heavy atom. The molecule has 0 unspecified atom stereocenters. The minimum Gasteiger partial charge on any atom is -0.365 e. The van der Waals surface area contributed by atoms with E-state index in [9.17, 15) is 8.42 Å². The molecule has 1 fully saturated rings. The van der Waals surface area contributed by atoms with Crippen LogP contribution in [0.2, 0.25) is 0 Å². The number of aromatic amines is 1. The molecule has 1 saturated heterocycles. The number of hydrogen-bond acceptors (Lipinski definition) is 5. The van der Waals surface area contributed by atoms with E-state index in [4.69, 9.17) is 0 Å². The smallest absolute Gasteiger partial charge is 0.355 e. The number of sulfone groups is 1. The molecule has 0 spiro atoms. The lowest BCUT2D eigenvalue weighted by Crippen LogP contribution is -2.30. The number of hydrogen-bond donors (Lipinski definition) is 2. The van der Waals surface area contributed by atoms with E-state index in [-0.39, 0.29) is 17.5 Å². The fourth-order valence-corrected chi connectivity index (χ4v) is 3.90. The number of nitrogens with one attached hydrogen (secondary N) is 2. The van der Waals surface area contributed by atoms with Crippen LogP contribution in [0.5, 0.6) is 0 Å². The Bertz CT molecular complexity index is 693. The fraction of sp³-hybridized carbons (Fsp3) is 0.500. The largest absolute Gasteiger partial charge is 0.365 e. The maximum Gasteiger partial charge on any atom is 0.355 e. The second kappa shape index (κ2) is 3.91. The zero-order chi connectivity index (χ0) is 12.8. The maximum absolute atomic E-state index is 11.4. The van der Waals surface area contributed by atoms with E-state index in [1.54, 1.807) is 10.9 Å². The third-order valence-electron chi connectivity index (χ3n) is 3.16. The second-order valence-corrected chi connectivity index (χ2v) is 6.77. The van der Waals surface area contributed by atoms with Gasteiger partial charge < -0.3 is 5.32 Å². The number of aromatic nitrogens is 4. The molecule has 0 saturated carbocycles. The molecule has 1 atom stereocenters. The monoisotopic (exact) mass is 268 g/mol. The highest BCUT2D eigenvalue weighted by Crippen LogP contribution is 2.20. The van der Waals surface area contributed by atoms with E-state index in [0.29, 0.717) is 12.2 Å². The molecule has 0 radical (unpaired) electrons. The zero-order valence-corrected chi connectivity index (χ0v) is 10.7. The number of aryl methyl sites for hydroxylation is 1. The summed E-state index contributed by atoms with van der Waals surface area (Å²) in [4.78, 5) is 8.35. The highest BCUT2D eigenvalue weighted by Gasteiger charge is 2.29. The average Bonchev–Trinajstić information content (AvgIpc) is 2.84. The van der Waals surface area contributed by atoms with Crippen LogP contribution < -0.4 is 10.00 Å². The van der Waals surface area contributed by atoms with Crippen LogP contribution in [0.15, 0.2) is 12.5 Å². The Kier molecular flexibility index (Phi) is 2.47. The molecule has 2 N–H and O–H groups in total. The van der Waals surface area contributed by atoms with Crippen LogP contribution in [0, 0.1) is 0 Å². The first-order chi connectivity index (χ1) is 8.55. The minimum atomic E-state index is -2.88. The SMILES string of the molecule is C[n+]1[nH]cc2c(N[C@H]3CCS(=O)(=O)C3)ncnc21. The van der Waals surface area contributed by atoms with Crippen LogP contribution in [0.1, 0.15) is 6.42 Å². The van der Waals surface area contributed by atoms with E-state index in [1.165, 1.54) is 6.33 Å². The number of fused-ring (bicyclic) bond motifs is 1. The van der Waals surface area contributed by atoms with Gasteiger partial charge in [-0.15, -0.1) is 0 Å². The van der Waals surface area contributed by atoms with Crippen LogP contribution in [0.25, 0.3) is 11.0 Å². The van der Waals surface area contributed by atoms with Gasteiger partial charge in [0.2, 0.25) is 6.33 Å². The Morgan fingerprint density at radius 3 is 3.06 bits per heavy atom. The van der Waals surface area contributed by atoms with Crippen LogP contribution in [0.3, 0.4) is 0 Å². The molecule has 0 amide bonds. The van der Waals surface area contributed by atoms with Gasteiger partial charge in [0.05, 0.1) is 17.7 Å². The number of rotatable bonds is 2. The number of nitrogens with zero attached hydrogens (tertiary/aromatic N) is 3. The fourth-order valence-electron chi connectivity index (χ4n) is 2.23. The summed E-state index contributed by atoms with van der Waals surface area (Å²) in [6, 6.07) is -0.0618. The molecule has 8 heteroatoms. The van der Waals surface area contributed by atoms with Crippen molar-refractivity contribution >= 4 is 26.7 Å². The molecule has 1 aliphatic rings. The van der Waals surface area contributed by atoms with Gasteiger partial charge in [0.15, 0.2) is 9.84 Å². The van der Waals surface area contributed by atoms with Crippen LogP contribution in [-0.4, -0.2) is 41.0 Å². The first-order valence-corrected chi connectivity index (χ1v) is 7.52. The van der Waals surface area contributed by atoms with E-state index >= 15 is 0 Å². The van der Waals surface area contributed by atoms with Gasteiger partial charge >= 0.3 is 5.65 Å². The molecule has 1 aliphatic heterocycles. The first kappa shape index (κ1) is 11.4. The Labute approximate surface area is 104 Å². The van der Waals surface area contributed by atoms with Crippen molar-refractivity contribution in [1.82, 2.24) is 15.1 Å². The average molecular weight is 268 g/mol. The topological polar surface area (TPSA) is 91.6 Å². The number of anilines is 1. The molecule has 2 aromatic heterocycles. The lowest BCUT2D eigenvalue weighted by Gasteiger charge is -2.10. The van der Waals surface area contributed by atoms with Gasteiger partial charge in [0.25, 0.3) is 0 Å². The third-order valence-corrected chi connectivity index (χ3v) is 4.92. The summed E-state index contributed by atoms with van der Waals surface area (Å²) in [6.45, 7) is 0. The molecule has 0 bridgehead atoms. The van der Waals surface area contributed by atoms with Crippen molar-refractivity contribution in [2.45, 2.75) is 12.5 Å². The van der Waals surface area contributed by atoms with Gasteiger partial charge in [-0.25, -0.2) is 13.5 Å². The Hall–Kier alpha value is -1.70. The Balaban J connectivity index is 1.92. The van der Waals surface area contributed by atoms with Crippen molar-refractivity contribution in [2.75, 3.05) is 16.8 Å². The molecule has 18 heavy (non-hydrogen) atoms. The van der Waals surface area contributed by atoms with Crippen LogP contribution >= 0.6 is 0 Å².